The van der Waals surface area contributed by atoms with Crippen molar-refractivity contribution < 1.29 is 28.5 Å². The molecule has 116 valence electrons. The molecule has 0 aliphatic carbocycles. The molecule has 0 aliphatic rings. The van der Waals surface area contributed by atoms with E-state index in [0.29, 0.717) is 22.8 Å². The molecule has 21 heavy (non-hydrogen) atoms. The standard InChI is InChI=1S/C14H19NO6/c1-15(8-12(16)20-4)14(17)9-6-10(18-2)13(21-5)11(7-9)19-3/h6-7H,8H2,1-5H3. The fourth-order valence-electron chi connectivity index (χ4n) is 1.75. The zero-order chi connectivity index (χ0) is 16.0. The highest BCUT2D eigenvalue weighted by Gasteiger charge is 2.20. The summed E-state index contributed by atoms with van der Waals surface area (Å²) in [6, 6.07) is 3.05. The fourth-order valence-corrected chi connectivity index (χ4v) is 1.75. The van der Waals surface area contributed by atoms with E-state index in [2.05, 4.69) is 4.74 Å². The Kier molecular flexibility index (Phi) is 5.83. The minimum atomic E-state index is -0.502. The summed E-state index contributed by atoms with van der Waals surface area (Å²) < 4.78 is 20.1. The average molecular weight is 297 g/mol. The second-order valence-electron chi connectivity index (χ2n) is 4.15. The van der Waals surface area contributed by atoms with Gasteiger partial charge in [-0.15, -0.1) is 0 Å². The molecule has 0 fully saturated rings. The first-order valence-corrected chi connectivity index (χ1v) is 6.10. The highest BCUT2D eigenvalue weighted by molar-refractivity contribution is 5.97. The molecular formula is C14H19NO6. The van der Waals surface area contributed by atoms with Crippen molar-refractivity contribution in [1.82, 2.24) is 4.90 Å². The zero-order valence-electron chi connectivity index (χ0n) is 12.8. The molecule has 0 radical (unpaired) electrons. The van der Waals surface area contributed by atoms with E-state index < -0.39 is 5.97 Å². The van der Waals surface area contributed by atoms with E-state index in [1.54, 1.807) is 0 Å². The van der Waals surface area contributed by atoms with Gasteiger partial charge in [0.2, 0.25) is 5.75 Å². The number of ether oxygens (including phenoxy) is 4. The second kappa shape index (κ2) is 7.37. The van der Waals surface area contributed by atoms with Crippen molar-refractivity contribution in [2.75, 3.05) is 42.0 Å². The van der Waals surface area contributed by atoms with Crippen molar-refractivity contribution in [3.05, 3.63) is 17.7 Å². The molecule has 0 N–H and O–H groups in total. The Hall–Kier alpha value is -2.44. The van der Waals surface area contributed by atoms with Crippen LogP contribution in [0.2, 0.25) is 0 Å². The number of hydrogen-bond donors (Lipinski definition) is 0. The third kappa shape index (κ3) is 3.77. The summed E-state index contributed by atoms with van der Waals surface area (Å²) in [5.74, 6) is 0.267. The number of rotatable bonds is 6. The molecule has 0 atom stereocenters. The van der Waals surface area contributed by atoms with Crippen molar-refractivity contribution >= 4 is 11.9 Å². The smallest absolute Gasteiger partial charge is 0.325 e. The molecule has 7 nitrogen and oxygen atoms in total. The number of hydrogen-bond acceptors (Lipinski definition) is 6. The number of benzene rings is 1. The SMILES string of the molecule is COC(=O)CN(C)C(=O)c1cc(OC)c(OC)c(OC)c1. The molecule has 0 bridgehead atoms. The number of amides is 1. The molecule has 1 aromatic rings. The lowest BCUT2D eigenvalue weighted by atomic mass is 10.1. The minimum Gasteiger partial charge on any atom is -0.493 e. The van der Waals surface area contributed by atoms with Crippen molar-refractivity contribution in [3.63, 3.8) is 0 Å². The summed E-state index contributed by atoms with van der Waals surface area (Å²) in [5, 5.41) is 0. The van der Waals surface area contributed by atoms with Crippen LogP contribution in [0.15, 0.2) is 12.1 Å². The molecule has 0 aromatic heterocycles. The Balaban J connectivity index is 3.12. The first-order valence-electron chi connectivity index (χ1n) is 6.10. The van der Waals surface area contributed by atoms with Gasteiger partial charge in [-0.3, -0.25) is 9.59 Å². The lowest BCUT2D eigenvalue weighted by molar-refractivity contribution is -0.141. The summed E-state index contributed by atoms with van der Waals surface area (Å²) in [6.45, 7) is -0.147. The first kappa shape index (κ1) is 16.6. The van der Waals surface area contributed by atoms with Gasteiger partial charge in [-0.2, -0.15) is 0 Å². The monoisotopic (exact) mass is 297 g/mol. The molecule has 1 aromatic carbocycles. The van der Waals surface area contributed by atoms with Gasteiger partial charge in [-0.25, -0.2) is 0 Å². The quantitative estimate of drug-likeness (QED) is 0.728. The molecule has 1 rings (SSSR count). The van der Waals surface area contributed by atoms with Crippen LogP contribution in [0.3, 0.4) is 0 Å². The third-order valence-corrected chi connectivity index (χ3v) is 2.85. The van der Waals surface area contributed by atoms with Crippen LogP contribution < -0.4 is 14.2 Å². The van der Waals surface area contributed by atoms with Crippen LogP contribution in [0.1, 0.15) is 10.4 Å². The van der Waals surface area contributed by atoms with E-state index in [9.17, 15) is 9.59 Å². The highest BCUT2D eigenvalue weighted by Crippen LogP contribution is 2.38. The van der Waals surface area contributed by atoms with Crippen molar-refractivity contribution in [3.8, 4) is 17.2 Å². The largest absolute Gasteiger partial charge is 0.493 e. The molecule has 0 unspecified atom stereocenters. The molecule has 1 amide bonds. The Bertz CT molecular complexity index is 503. The van der Waals surface area contributed by atoms with Gasteiger partial charge in [0.25, 0.3) is 5.91 Å². The molecular weight excluding hydrogens is 278 g/mol. The number of nitrogens with zero attached hydrogens (tertiary/aromatic N) is 1. The van der Waals surface area contributed by atoms with Crippen LogP contribution in [-0.2, 0) is 9.53 Å². The Morgan fingerprint density at radius 3 is 1.90 bits per heavy atom. The summed E-state index contributed by atoms with van der Waals surface area (Å²) >= 11 is 0. The average Bonchev–Trinajstić information content (AvgIpc) is 2.52. The number of carbonyl (C=O) groups excluding carboxylic acids is 2. The minimum absolute atomic E-state index is 0.147. The maximum absolute atomic E-state index is 12.3. The predicted molar refractivity (Wildman–Crippen MR) is 75.1 cm³/mol. The van der Waals surface area contributed by atoms with Gasteiger partial charge in [-0.05, 0) is 12.1 Å². The van der Waals surface area contributed by atoms with Gasteiger partial charge in [-0.1, -0.05) is 0 Å². The van der Waals surface area contributed by atoms with Crippen LogP contribution in [0, 0.1) is 0 Å². The Morgan fingerprint density at radius 1 is 1.00 bits per heavy atom. The molecule has 0 aliphatic heterocycles. The summed E-state index contributed by atoms with van der Waals surface area (Å²) in [4.78, 5) is 24.8. The maximum atomic E-state index is 12.3. The Labute approximate surface area is 123 Å². The highest BCUT2D eigenvalue weighted by atomic mass is 16.5. The number of carbonyl (C=O) groups is 2. The summed E-state index contributed by atoms with van der Waals surface area (Å²) in [6.07, 6.45) is 0. The van der Waals surface area contributed by atoms with Gasteiger partial charge in [0, 0.05) is 12.6 Å². The van der Waals surface area contributed by atoms with Crippen LogP contribution in [0.5, 0.6) is 17.2 Å². The van der Waals surface area contributed by atoms with Gasteiger partial charge in [0.1, 0.15) is 6.54 Å². The van der Waals surface area contributed by atoms with Crippen molar-refractivity contribution in [1.29, 1.82) is 0 Å². The molecule has 0 spiro atoms. The van der Waals surface area contributed by atoms with Crippen LogP contribution in [0.25, 0.3) is 0 Å². The first-order chi connectivity index (χ1) is 9.98. The lowest BCUT2D eigenvalue weighted by Crippen LogP contribution is -2.32. The molecule has 7 heteroatoms. The van der Waals surface area contributed by atoms with Crippen LogP contribution in [0.4, 0.5) is 0 Å². The van der Waals surface area contributed by atoms with Crippen LogP contribution >= 0.6 is 0 Å². The van der Waals surface area contributed by atoms with E-state index in [1.165, 1.54) is 52.5 Å². The lowest BCUT2D eigenvalue weighted by Gasteiger charge is -2.18. The zero-order valence-corrected chi connectivity index (χ0v) is 12.8. The van der Waals surface area contributed by atoms with Crippen molar-refractivity contribution in [2.24, 2.45) is 0 Å². The third-order valence-electron chi connectivity index (χ3n) is 2.85. The van der Waals surface area contributed by atoms with E-state index in [1.807, 2.05) is 0 Å². The normalized spacial score (nSPS) is 9.76. The predicted octanol–water partition coefficient (Wildman–Crippen LogP) is 0.957. The van der Waals surface area contributed by atoms with Crippen molar-refractivity contribution in [2.45, 2.75) is 0 Å². The summed E-state index contributed by atoms with van der Waals surface area (Å²) in [5.41, 5.74) is 0.316. The van der Waals surface area contributed by atoms with Gasteiger partial charge in [0.15, 0.2) is 11.5 Å². The number of likely N-dealkylation sites (N-methyl/N-ethyl adjacent to an activating group) is 1. The van der Waals surface area contributed by atoms with E-state index in [0.717, 1.165) is 0 Å². The Morgan fingerprint density at radius 2 is 1.52 bits per heavy atom. The van der Waals surface area contributed by atoms with E-state index >= 15 is 0 Å². The number of methoxy groups -OCH3 is 4. The topological polar surface area (TPSA) is 74.3 Å². The van der Waals surface area contributed by atoms with Gasteiger partial charge in [0.05, 0.1) is 28.4 Å². The van der Waals surface area contributed by atoms with Crippen LogP contribution in [-0.4, -0.2) is 58.8 Å². The van der Waals surface area contributed by atoms with E-state index in [4.69, 9.17) is 14.2 Å². The van der Waals surface area contributed by atoms with Gasteiger partial charge < -0.3 is 23.8 Å². The molecule has 0 heterocycles. The fraction of sp³-hybridized carbons (Fsp3) is 0.429. The molecule has 0 saturated carbocycles. The number of esters is 1. The van der Waals surface area contributed by atoms with E-state index in [-0.39, 0.29) is 12.5 Å². The molecule has 0 saturated heterocycles. The maximum Gasteiger partial charge on any atom is 0.325 e. The second-order valence-corrected chi connectivity index (χ2v) is 4.15. The van der Waals surface area contributed by atoms with Gasteiger partial charge >= 0.3 is 5.97 Å². The summed E-state index contributed by atoms with van der Waals surface area (Å²) in [7, 11) is 7.17.